The Bertz CT molecular complexity index is 318. The van der Waals surface area contributed by atoms with Crippen LogP contribution in [-0.2, 0) is 5.41 Å². The maximum atomic E-state index is 13.5. The minimum Gasteiger partial charge on any atom is -0.316 e. The SMILES string of the molecule is CCNCC1(c2ccccc2F)CC1. The molecule has 0 saturated heterocycles. The van der Waals surface area contributed by atoms with Crippen molar-refractivity contribution < 1.29 is 4.39 Å². The van der Waals surface area contributed by atoms with Crippen molar-refractivity contribution in [1.82, 2.24) is 5.32 Å². The maximum Gasteiger partial charge on any atom is 0.127 e. The van der Waals surface area contributed by atoms with Crippen LogP contribution < -0.4 is 5.32 Å². The molecule has 1 saturated carbocycles. The first-order valence-electron chi connectivity index (χ1n) is 5.24. The average Bonchev–Trinajstić information content (AvgIpc) is 2.97. The number of nitrogens with one attached hydrogen (secondary N) is 1. The summed E-state index contributed by atoms with van der Waals surface area (Å²) in [7, 11) is 0. The van der Waals surface area contributed by atoms with Gasteiger partial charge in [0.25, 0.3) is 0 Å². The molecule has 1 aliphatic carbocycles. The highest BCUT2D eigenvalue weighted by Crippen LogP contribution is 2.48. The maximum absolute atomic E-state index is 13.5. The van der Waals surface area contributed by atoms with Crippen LogP contribution >= 0.6 is 0 Å². The van der Waals surface area contributed by atoms with Gasteiger partial charge in [-0.25, -0.2) is 4.39 Å². The molecule has 0 atom stereocenters. The second kappa shape index (κ2) is 3.70. The predicted octanol–water partition coefficient (Wildman–Crippen LogP) is 2.47. The van der Waals surface area contributed by atoms with E-state index in [1.807, 2.05) is 12.1 Å². The molecule has 2 rings (SSSR count). The molecule has 0 aliphatic heterocycles. The summed E-state index contributed by atoms with van der Waals surface area (Å²) in [4.78, 5) is 0. The van der Waals surface area contributed by atoms with Crippen molar-refractivity contribution >= 4 is 0 Å². The smallest absolute Gasteiger partial charge is 0.127 e. The third-order valence-corrected chi connectivity index (χ3v) is 3.01. The van der Waals surface area contributed by atoms with Crippen LogP contribution in [0.4, 0.5) is 4.39 Å². The van der Waals surface area contributed by atoms with Gasteiger partial charge in [-0.1, -0.05) is 25.1 Å². The van der Waals surface area contributed by atoms with Crippen LogP contribution in [0.25, 0.3) is 0 Å². The Balaban J connectivity index is 2.18. The van der Waals surface area contributed by atoms with Gasteiger partial charge in [-0.05, 0) is 31.0 Å². The van der Waals surface area contributed by atoms with Crippen LogP contribution in [0.15, 0.2) is 24.3 Å². The van der Waals surface area contributed by atoms with Crippen molar-refractivity contribution in [2.75, 3.05) is 13.1 Å². The van der Waals surface area contributed by atoms with Crippen molar-refractivity contribution in [3.8, 4) is 0 Å². The Morgan fingerprint density at radius 3 is 2.64 bits per heavy atom. The first-order chi connectivity index (χ1) is 6.78. The molecule has 2 heteroatoms. The third kappa shape index (κ3) is 1.67. The topological polar surface area (TPSA) is 12.0 Å². The minimum absolute atomic E-state index is 0.0529. The molecular formula is C12H16FN. The Hall–Kier alpha value is -0.890. The van der Waals surface area contributed by atoms with Crippen LogP contribution in [-0.4, -0.2) is 13.1 Å². The highest BCUT2D eigenvalue weighted by Gasteiger charge is 2.45. The van der Waals surface area contributed by atoms with Crippen molar-refractivity contribution in [1.29, 1.82) is 0 Å². The van der Waals surface area contributed by atoms with Gasteiger partial charge in [-0.2, -0.15) is 0 Å². The van der Waals surface area contributed by atoms with Gasteiger partial charge in [0.15, 0.2) is 0 Å². The Kier molecular flexibility index (Phi) is 2.55. The van der Waals surface area contributed by atoms with E-state index in [0.717, 1.165) is 31.5 Å². The molecule has 1 aromatic rings. The van der Waals surface area contributed by atoms with E-state index in [9.17, 15) is 4.39 Å². The third-order valence-electron chi connectivity index (χ3n) is 3.01. The second-order valence-electron chi connectivity index (χ2n) is 4.04. The molecule has 0 heterocycles. The lowest BCUT2D eigenvalue weighted by atomic mass is 9.95. The molecule has 1 nitrogen and oxygen atoms in total. The Morgan fingerprint density at radius 1 is 1.36 bits per heavy atom. The molecule has 0 spiro atoms. The summed E-state index contributed by atoms with van der Waals surface area (Å²) in [5.74, 6) is -0.0529. The van der Waals surface area contributed by atoms with Gasteiger partial charge in [0, 0.05) is 12.0 Å². The van der Waals surface area contributed by atoms with E-state index in [2.05, 4.69) is 12.2 Å². The summed E-state index contributed by atoms with van der Waals surface area (Å²) in [6, 6.07) is 7.15. The van der Waals surface area contributed by atoms with Crippen LogP contribution in [0, 0.1) is 5.82 Å². The monoisotopic (exact) mass is 193 g/mol. The standard InChI is InChI=1S/C12H16FN/c1-2-14-9-12(7-8-12)10-5-3-4-6-11(10)13/h3-6,14H,2,7-9H2,1H3. The molecule has 0 bridgehead atoms. The summed E-state index contributed by atoms with van der Waals surface area (Å²) in [6.45, 7) is 3.94. The van der Waals surface area contributed by atoms with Gasteiger partial charge in [0.05, 0.1) is 0 Å². The molecule has 1 aromatic carbocycles. The van der Waals surface area contributed by atoms with E-state index in [0.29, 0.717) is 0 Å². The average molecular weight is 193 g/mol. The molecule has 0 unspecified atom stereocenters. The fraction of sp³-hybridized carbons (Fsp3) is 0.500. The summed E-state index contributed by atoms with van der Waals surface area (Å²) < 4.78 is 13.5. The lowest BCUT2D eigenvalue weighted by Crippen LogP contribution is -2.27. The van der Waals surface area contributed by atoms with Crippen LogP contribution in [0.5, 0.6) is 0 Å². The van der Waals surface area contributed by atoms with Crippen LogP contribution in [0.1, 0.15) is 25.3 Å². The first-order valence-corrected chi connectivity index (χ1v) is 5.24. The minimum atomic E-state index is -0.0529. The zero-order chi connectivity index (χ0) is 10.0. The molecule has 76 valence electrons. The quantitative estimate of drug-likeness (QED) is 0.774. The van der Waals surface area contributed by atoms with E-state index in [1.165, 1.54) is 0 Å². The highest BCUT2D eigenvalue weighted by molar-refractivity contribution is 5.33. The second-order valence-corrected chi connectivity index (χ2v) is 4.04. The Morgan fingerprint density at radius 2 is 2.07 bits per heavy atom. The molecular weight excluding hydrogens is 177 g/mol. The van der Waals surface area contributed by atoms with Crippen molar-refractivity contribution in [3.05, 3.63) is 35.6 Å². The van der Waals surface area contributed by atoms with Gasteiger partial charge in [0.1, 0.15) is 5.82 Å². The molecule has 1 aliphatic rings. The van der Waals surface area contributed by atoms with Crippen LogP contribution in [0.3, 0.4) is 0 Å². The number of halogens is 1. The molecule has 0 radical (unpaired) electrons. The lowest BCUT2D eigenvalue weighted by Gasteiger charge is -2.16. The largest absolute Gasteiger partial charge is 0.316 e. The summed E-state index contributed by atoms with van der Waals surface area (Å²) in [5, 5.41) is 3.31. The predicted molar refractivity (Wildman–Crippen MR) is 55.9 cm³/mol. The highest BCUT2D eigenvalue weighted by atomic mass is 19.1. The number of hydrogen-bond donors (Lipinski definition) is 1. The number of rotatable bonds is 4. The summed E-state index contributed by atoms with van der Waals surface area (Å²) in [6.07, 6.45) is 2.22. The van der Waals surface area contributed by atoms with Crippen molar-refractivity contribution in [3.63, 3.8) is 0 Å². The van der Waals surface area contributed by atoms with E-state index in [4.69, 9.17) is 0 Å². The summed E-state index contributed by atoms with van der Waals surface area (Å²) in [5.41, 5.74) is 0.988. The van der Waals surface area contributed by atoms with Gasteiger partial charge in [-0.3, -0.25) is 0 Å². The van der Waals surface area contributed by atoms with Gasteiger partial charge in [-0.15, -0.1) is 0 Å². The van der Waals surface area contributed by atoms with Crippen LogP contribution in [0.2, 0.25) is 0 Å². The van der Waals surface area contributed by atoms with Gasteiger partial charge >= 0.3 is 0 Å². The van der Waals surface area contributed by atoms with Crippen molar-refractivity contribution in [2.24, 2.45) is 0 Å². The normalized spacial score (nSPS) is 18.1. The van der Waals surface area contributed by atoms with Gasteiger partial charge in [0.2, 0.25) is 0 Å². The van der Waals surface area contributed by atoms with E-state index < -0.39 is 0 Å². The van der Waals surface area contributed by atoms with E-state index >= 15 is 0 Å². The zero-order valence-corrected chi connectivity index (χ0v) is 8.52. The number of benzene rings is 1. The van der Waals surface area contributed by atoms with E-state index in [-0.39, 0.29) is 11.2 Å². The Labute approximate surface area is 84.3 Å². The zero-order valence-electron chi connectivity index (χ0n) is 8.52. The molecule has 14 heavy (non-hydrogen) atoms. The molecule has 1 fully saturated rings. The van der Waals surface area contributed by atoms with Crippen molar-refractivity contribution in [2.45, 2.75) is 25.2 Å². The molecule has 1 N–H and O–H groups in total. The molecule has 0 aromatic heterocycles. The molecule has 0 amide bonds. The first kappa shape index (κ1) is 9.66. The number of likely N-dealkylation sites (N-methyl/N-ethyl adjacent to an activating group) is 1. The number of hydrogen-bond acceptors (Lipinski definition) is 1. The van der Waals surface area contributed by atoms with Gasteiger partial charge < -0.3 is 5.32 Å². The fourth-order valence-corrected chi connectivity index (χ4v) is 1.95. The summed E-state index contributed by atoms with van der Waals surface area (Å²) >= 11 is 0. The fourth-order valence-electron chi connectivity index (χ4n) is 1.95. The lowest BCUT2D eigenvalue weighted by molar-refractivity contribution is 0.538. The van der Waals surface area contributed by atoms with E-state index in [1.54, 1.807) is 12.1 Å².